The number of nitrogens with one attached hydrogen (secondary N) is 1. The molecule has 0 unspecified atom stereocenters. The van der Waals surface area contributed by atoms with Crippen LogP contribution in [0.1, 0.15) is 37.3 Å². The van der Waals surface area contributed by atoms with Gasteiger partial charge in [0.15, 0.2) is 0 Å². The molecule has 1 aromatic carbocycles. The molecule has 4 aromatic heterocycles. The van der Waals surface area contributed by atoms with Crippen molar-refractivity contribution >= 4 is 48.5 Å². The summed E-state index contributed by atoms with van der Waals surface area (Å²) in [5.74, 6) is 0.413. The Kier molecular flexibility index (Phi) is 7.10. The summed E-state index contributed by atoms with van der Waals surface area (Å²) < 4.78 is 70.8. The van der Waals surface area contributed by atoms with E-state index in [-0.39, 0.29) is 48.0 Å². The van der Waals surface area contributed by atoms with Gasteiger partial charge in [-0.05, 0) is 44.9 Å². The lowest BCUT2D eigenvalue weighted by Crippen LogP contribution is -2.43. The Labute approximate surface area is 269 Å². The minimum absolute atomic E-state index is 0.0304. The number of anilines is 1. The van der Waals surface area contributed by atoms with Gasteiger partial charge in [-0.1, -0.05) is 0 Å². The predicted octanol–water partition coefficient (Wildman–Crippen LogP) is 5.05. The van der Waals surface area contributed by atoms with Crippen LogP contribution >= 0.6 is 11.3 Å². The molecule has 3 fully saturated rings. The van der Waals surface area contributed by atoms with Gasteiger partial charge >= 0.3 is 12.2 Å². The van der Waals surface area contributed by atoms with Gasteiger partial charge in [0.25, 0.3) is 0 Å². The molecule has 0 bridgehead atoms. The van der Waals surface area contributed by atoms with Gasteiger partial charge in [-0.15, -0.1) is 11.3 Å². The fourth-order valence-corrected chi connectivity index (χ4v) is 8.69. The van der Waals surface area contributed by atoms with Crippen molar-refractivity contribution in [1.82, 2.24) is 35.0 Å². The van der Waals surface area contributed by atoms with E-state index >= 15 is 0 Å². The average molecular weight is 673 g/mol. The van der Waals surface area contributed by atoms with Crippen LogP contribution in [0.2, 0.25) is 0 Å². The van der Waals surface area contributed by atoms with Crippen LogP contribution < -0.4 is 9.64 Å². The van der Waals surface area contributed by atoms with Crippen LogP contribution in [-0.4, -0.2) is 103 Å². The molecule has 0 amide bonds. The second kappa shape index (κ2) is 10.9. The van der Waals surface area contributed by atoms with Gasteiger partial charge in [0.2, 0.25) is 0 Å². The second-order valence-corrected chi connectivity index (χ2v) is 14.1. The molecule has 7 heterocycles. The number of aromatic amines is 1. The number of nitrogens with zero attached hydrogens (tertiary/aromatic N) is 7. The largest absolute Gasteiger partial charge is 0.461 e. The lowest BCUT2D eigenvalue weighted by Gasteiger charge is -2.31. The van der Waals surface area contributed by atoms with E-state index in [1.165, 1.54) is 25.5 Å². The first-order chi connectivity index (χ1) is 22.4. The molecule has 8 rings (SSSR count). The molecule has 248 valence electrons. The Bertz CT molecular complexity index is 2020. The highest BCUT2D eigenvalue weighted by Gasteiger charge is 2.49. The first-order valence-corrected chi connectivity index (χ1v) is 16.3. The molecular formula is C31H32F4N8O3S. The number of fused-ring (bicyclic) bond motifs is 5. The van der Waals surface area contributed by atoms with Crippen molar-refractivity contribution in [3.8, 4) is 17.3 Å². The smallest absolute Gasteiger partial charge is 0.417 e. The molecule has 0 aliphatic carbocycles. The maximum Gasteiger partial charge on any atom is 0.417 e. The Morgan fingerprint density at radius 3 is 2.91 bits per heavy atom. The third-order valence-corrected chi connectivity index (χ3v) is 10.6. The molecule has 2 N–H and O–H groups in total. The number of hydrogen-bond donors (Lipinski definition) is 2. The lowest BCUT2D eigenvalue weighted by molar-refractivity contribution is -0.137. The number of β-amino-alcohol motifs (C(OH)–C–C–N with tert-alkyl or cyclic N) is 1. The van der Waals surface area contributed by atoms with Crippen LogP contribution in [0.15, 0.2) is 18.6 Å². The average Bonchev–Trinajstić information content (AvgIpc) is 3.75. The molecule has 11 nitrogen and oxygen atoms in total. The van der Waals surface area contributed by atoms with Crippen LogP contribution in [0, 0.1) is 6.92 Å². The van der Waals surface area contributed by atoms with E-state index < -0.39 is 29.1 Å². The molecule has 0 saturated carbocycles. The van der Waals surface area contributed by atoms with Gasteiger partial charge in [-0.25, -0.2) is 14.4 Å². The number of alkyl halides is 4. The van der Waals surface area contributed by atoms with E-state index in [9.17, 15) is 22.7 Å². The number of halogens is 4. The summed E-state index contributed by atoms with van der Waals surface area (Å²) in [6.07, 6.45) is -0.863. The Morgan fingerprint density at radius 2 is 2.09 bits per heavy atom. The van der Waals surface area contributed by atoms with Crippen LogP contribution in [0.25, 0.3) is 42.6 Å². The topological polar surface area (TPSA) is 125 Å². The van der Waals surface area contributed by atoms with Gasteiger partial charge in [0.05, 0.1) is 63.9 Å². The van der Waals surface area contributed by atoms with Gasteiger partial charge in [-0.2, -0.15) is 28.2 Å². The second-order valence-electron chi connectivity index (χ2n) is 13.1. The highest BCUT2D eigenvalue weighted by molar-refractivity contribution is 7.26. The quantitative estimate of drug-likeness (QED) is 0.245. The van der Waals surface area contributed by atoms with Crippen molar-refractivity contribution in [1.29, 1.82) is 0 Å². The van der Waals surface area contributed by atoms with Crippen molar-refractivity contribution in [2.45, 2.75) is 56.6 Å². The Morgan fingerprint density at radius 1 is 1.23 bits per heavy atom. The van der Waals surface area contributed by atoms with Gasteiger partial charge in [-0.3, -0.25) is 10.00 Å². The lowest BCUT2D eigenvalue weighted by atomic mass is 9.95. The Balaban J connectivity index is 1.33. The normalized spacial score (nSPS) is 25.7. The molecule has 3 aliphatic rings. The van der Waals surface area contributed by atoms with Crippen LogP contribution in [0.5, 0.6) is 6.01 Å². The number of rotatable bonds is 5. The highest BCUT2D eigenvalue weighted by atomic mass is 32.1. The maximum atomic E-state index is 14.7. The van der Waals surface area contributed by atoms with E-state index in [2.05, 4.69) is 25.1 Å². The molecule has 47 heavy (non-hydrogen) atoms. The zero-order valence-electron chi connectivity index (χ0n) is 25.7. The number of H-pyrrole nitrogens is 1. The zero-order valence-corrected chi connectivity index (χ0v) is 26.5. The number of aliphatic hydroxyl groups is 1. The third-order valence-electron chi connectivity index (χ3n) is 9.52. The fraction of sp³-hybridized carbons (Fsp3) is 0.516. The predicted molar refractivity (Wildman–Crippen MR) is 168 cm³/mol. The number of ether oxygens (including phenoxy) is 2. The first kappa shape index (κ1) is 30.6. The maximum absolute atomic E-state index is 14.7. The van der Waals surface area contributed by atoms with E-state index in [0.29, 0.717) is 57.9 Å². The minimum atomic E-state index is -4.67. The number of aromatic nitrogens is 6. The summed E-state index contributed by atoms with van der Waals surface area (Å²) in [4.78, 5) is 23.0. The Hall–Kier alpha value is -3.73. The number of aryl methyl sites for hydroxylation is 1. The van der Waals surface area contributed by atoms with Crippen molar-refractivity contribution in [3.63, 3.8) is 0 Å². The van der Waals surface area contributed by atoms with E-state index in [1.54, 1.807) is 6.92 Å². The minimum Gasteiger partial charge on any atom is -0.461 e. The molecule has 3 atom stereocenters. The van der Waals surface area contributed by atoms with Gasteiger partial charge in [0.1, 0.15) is 35.4 Å². The van der Waals surface area contributed by atoms with Crippen LogP contribution in [-0.2, 0) is 10.9 Å². The molecule has 3 aliphatic heterocycles. The fourth-order valence-electron chi connectivity index (χ4n) is 7.58. The summed E-state index contributed by atoms with van der Waals surface area (Å²) in [5.41, 5.74) is -1.59. The molecule has 0 spiro atoms. The molecule has 0 radical (unpaired) electrons. The van der Waals surface area contributed by atoms with Crippen molar-refractivity contribution < 1.29 is 32.1 Å². The van der Waals surface area contributed by atoms with E-state index in [4.69, 9.17) is 19.4 Å². The zero-order chi connectivity index (χ0) is 32.7. The molecule has 3 saturated heterocycles. The molecule has 5 aromatic rings. The van der Waals surface area contributed by atoms with E-state index in [0.717, 1.165) is 30.7 Å². The SMILES string of the molecule is Cc1cc2[nH]ncc2c(-c2ncnc3c2sc2nc(OC[C@@]45CCCN4C[C@H](F)C5)nc(N4CCOC[C@@](C)(O)C4)c23)c1C(F)(F)F. The van der Waals surface area contributed by atoms with Gasteiger partial charge < -0.3 is 19.5 Å². The summed E-state index contributed by atoms with van der Waals surface area (Å²) in [6.45, 7) is 5.44. The molecular weight excluding hydrogens is 640 g/mol. The number of hydrogen-bond acceptors (Lipinski definition) is 11. The monoisotopic (exact) mass is 672 g/mol. The summed E-state index contributed by atoms with van der Waals surface area (Å²) in [5, 5.41) is 18.6. The van der Waals surface area contributed by atoms with Crippen molar-refractivity contribution in [2.24, 2.45) is 0 Å². The van der Waals surface area contributed by atoms with Crippen LogP contribution in [0.4, 0.5) is 23.4 Å². The molecule has 16 heteroatoms. The summed E-state index contributed by atoms with van der Waals surface area (Å²) in [6, 6.07) is 1.49. The first-order valence-electron chi connectivity index (χ1n) is 15.5. The number of thiophene rings is 1. The highest BCUT2D eigenvalue weighted by Crippen LogP contribution is 2.48. The summed E-state index contributed by atoms with van der Waals surface area (Å²) in [7, 11) is 0. The summed E-state index contributed by atoms with van der Waals surface area (Å²) >= 11 is 1.15. The van der Waals surface area contributed by atoms with Crippen LogP contribution in [0.3, 0.4) is 0 Å². The third kappa shape index (κ3) is 5.16. The van der Waals surface area contributed by atoms with Crippen molar-refractivity contribution in [2.75, 3.05) is 50.9 Å². The standard InChI is InChI=1S/C31H32F4N8O3S/c1-16-8-19-18(10-38-41-19)20(22(16)31(33,34)35)23-25-24(37-15-36-23)21-26(42-6-7-45-13-29(2,44)12-42)39-28(40-27(21)47-25)46-14-30-4-3-5-43(30)11-17(32)9-30/h8,10,15,17,44H,3-7,9,11-14H2,1-2H3,(H,38,41)/t17-,29+,30+/m1/s1. The number of benzene rings is 1. The van der Waals surface area contributed by atoms with Gasteiger partial charge in [0, 0.05) is 30.5 Å². The van der Waals surface area contributed by atoms with Crippen molar-refractivity contribution in [3.05, 3.63) is 29.7 Å². The van der Waals surface area contributed by atoms with E-state index in [1.807, 2.05) is 4.90 Å².